The van der Waals surface area contributed by atoms with Crippen molar-refractivity contribution in [1.82, 2.24) is 0 Å². The maximum absolute atomic E-state index is 11.4. The minimum Gasteiger partial charge on any atom is -0.299 e. The van der Waals surface area contributed by atoms with Crippen molar-refractivity contribution >= 4 is 11.6 Å². The quantitative estimate of drug-likeness (QED) is 0.393. The van der Waals surface area contributed by atoms with Gasteiger partial charge in [0.05, 0.1) is 6.42 Å². The molecule has 0 heterocycles. The molecule has 0 N–H and O–H groups in total. The molecule has 0 aliphatic rings. The normalized spacial score (nSPS) is 10.4. The summed E-state index contributed by atoms with van der Waals surface area (Å²) in [5.41, 5.74) is 0. The molecule has 0 atom stereocenters. The van der Waals surface area contributed by atoms with E-state index in [2.05, 4.69) is 13.8 Å². The topological polar surface area (TPSA) is 34.1 Å². The smallest absolute Gasteiger partial charge is 0.140 e. The van der Waals surface area contributed by atoms with E-state index >= 15 is 0 Å². The molecule has 0 rings (SSSR count). The molecule has 0 unspecified atom stereocenters. The summed E-state index contributed by atoms with van der Waals surface area (Å²) < 4.78 is 0. The van der Waals surface area contributed by atoms with Gasteiger partial charge in [0.15, 0.2) is 0 Å². The van der Waals surface area contributed by atoms with Crippen molar-refractivity contribution < 1.29 is 9.59 Å². The molecule has 0 aliphatic heterocycles. The van der Waals surface area contributed by atoms with Gasteiger partial charge in [0, 0.05) is 12.8 Å². The van der Waals surface area contributed by atoms with Gasteiger partial charge in [0.2, 0.25) is 0 Å². The second-order valence-corrected chi connectivity index (χ2v) is 4.52. The zero-order valence-electron chi connectivity index (χ0n) is 10.9. The fourth-order valence-corrected chi connectivity index (χ4v) is 1.70. The molecule has 94 valence electrons. The van der Waals surface area contributed by atoms with Crippen LogP contribution in [0.3, 0.4) is 0 Å². The lowest BCUT2D eigenvalue weighted by molar-refractivity contribution is -0.127. The fourth-order valence-electron chi connectivity index (χ4n) is 1.70. The van der Waals surface area contributed by atoms with E-state index in [4.69, 9.17) is 0 Å². The number of Topliss-reactive ketones (excluding diaryl/α,β-unsaturated/α-hetero) is 2. The van der Waals surface area contributed by atoms with Crippen molar-refractivity contribution in [3.05, 3.63) is 0 Å². The third kappa shape index (κ3) is 9.88. The summed E-state index contributed by atoms with van der Waals surface area (Å²) >= 11 is 0. The van der Waals surface area contributed by atoms with E-state index < -0.39 is 0 Å². The van der Waals surface area contributed by atoms with Crippen molar-refractivity contribution in [3.63, 3.8) is 0 Å². The van der Waals surface area contributed by atoms with Gasteiger partial charge in [-0.25, -0.2) is 0 Å². The molecular weight excluding hydrogens is 200 g/mol. The van der Waals surface area contributed by atoms with Crippen molar-refractivity contribution in [1.29, 1.82) is 0 Å². The van der Waals surface area contributed by atoms with Crippen LogP contribution in [0.2, 0.25) is 0 Å². The van der Waals surface area contributed by atoms with E-state index in [1.165, 1.54) is 19.3 Å². The van der Waals surface area contributed by atoms with Gasteiger partial charge in [0.1, 0.15) is 11.6 Å². The Labute approximate surface area is 99.8 Å². The van der Waals surface area contributed by atoms with Gasteiger partial charge >= 0.3 is 0 Å². The first-order valence-corrected chi connectivity index (χ1v) is 6.74. The molecular formula is C14H26O2. The predicted octanol–water partition coefficient (Wildman–Crippen LogP) is 4.07. The Morgan fingerprint density at radius 1 is 0.688 bits per heavy atom. The van der Waals surface area contributed by atoms with Gasteiger partial charge in [-0.3, -0.25) is 9.59 Å². The van der Waals surface area contributed by atoms with Gasteiger partial charge in [-0.2, -0.15) is 0 Å². The SMILES string of the molecule is CCCCCCCC(=O)CC(=O)CCCC. The van der Waals surface area contributed by atoms with Crippen LogP contribution >= 0.6 is 0 Å². The van der Waals surface area contributed by atoms with E-state index in [9.17, 15) is 9.59 Å². The molecule has 0 bridgehead atoms. The molecule has 0 aromatic carbocycles. The molecule has 0 aliphatic carbocycles. The Hall–Kier alpha value is -0.660. The summed E-state index contributed by atoms with van der Waals surface area (Å²) in [6.45, 7) is 4.24. The van der Waals surface area contributed by atoms with E-state index in [1.54, 1.807) is 0 Å². The van der Waals surface area contributed by atoms with Gasteiger partial charge < -0.3 is 0 Å². The summed E-state index contributed by atoms with van der Waals surface area (Å²) in [5, 5.41) is 0. The van der Waals surface area contributed by atoms with Crippen LogP contribution in [0.1, 0.15) is 78.1 Å². The first-order valence-electron chi connectivity index (χ1n) is 6.74. The molecule has 0 fully saturated rings. The number of carbonyl (C=O) groups is 2. The van der Waals surface area contributed by atoms with Crippen LogP contribution in [0, 0.1) is 0 Å². The van der Waals surface area contributed by atoms with Crippen molar-refractivity contribution in [3.8, 4) is 0 Å². The Balaban J connectivity index is 3.40. The van der Waals surface area contributed by atoms with Gasteiger partial charge in [-0.1, -0.05) is 46.0 Å². The number of ketones is 2. The lowest BCUT2D eigenvalue weighted by Crippen LogP contribution is -2.07. The molecule has 2 nitrogen and oxygen atoms in total. The molecule has 16 heavy (non-hydrogen) atoms. The number of rotatable bonds is 11. The minimum absolute atomic E-state index is 0.125. The highest BCUT2D eigenvalue weighted by Crippen LogP contribution is 2.07. The molecule has 2 heteroatoms. The number of hydrogen-bond acceptors (Lipinski definition) is 2. The van der Waals surface area contributed by atoms with E-state index in [-0.39, 0.29) is 18.0 Å². The highest BCUT2D eigenvalue weighted by atomic mass is 16.1. The van der Waals surface area contributed by atoms with E-state index in [1.807, 2.05) is 0 Å². The minimum atomic E-state index is 0.125. The Bertz CT molecular complexity index is 197. The largest absolute Gasteiger partial charge is 0.299 e. The third-order valence-electron chi connectivity index (χ3n) is 2.76. The predicted molar refractivity (Wildman–Crippen MR) is 67.5 cm³/mol. The monoisotopic (exact) mass is 226 g/mol. The zero-order valence-corrected chi connectivity index (χ0v) is 10.9. The van der Waals surface area contributed by atoms with Gasteiger partial charge in [0.25, 0.3) is 0 Å². The number of carbonyl (C=O) groups excluding carboxylic acids is 2. The Morgan fingerprint density at radius 2 is 1.19 bits per heavy atom. The second-order valence-electron chi connectivity index (χ2n) is 4.52. The highest BCUT2D eigenvalue weighted by Gasteiger charge is 2.08. The standard InChI is InChI=1S/C14H26O2/c1-3-5-7-8-9-11-14(16)12-13(15)10-6-4-2/h3-12H2,1-2H3. The second kappa shape index (κ2) is 10.8. The third-order valence-corrected chi connectivity index (χ3v) is 2.76. The van der Waals surface area contributed by atoms with Crippen LogP contribution in [0.25, 0.3) is 0 Å². The van der Waals surface area contributed by atoms with Crippen LogP contribution in [0.5, 0.6) is 0 Å². The van der Waals surface area contributed by atoms with E-state index in [0.29, 0.717) is 12.8 Å². The lowest BCUT2D eigenvalue weighted by Gasteiger charge is -2.01. The molecule has 0 spiro atoms. The van der Waals surface area contributed by atoms with Crippen LogP contribution < -0.4 is 0 Å². The summed E-state index contributed by atoms with van der Waals surface area (Å²) in [5.74, 6) is 0.262. The lowest BCUT2D eigenvalue weighted by atomic mass is 10.0. The van der Waals surface area contributed by atoms with Crippen LogP contribution in [0.15, 0.2) is 0 Å². The van der Waals surface area contributed by atoms with Crippen molar-refractivity contribution in [2.45, 2.75) is 78.1 Å². The maximum Gasteiger partial charge on any atom is 0.140 e. The summed E-state index contributed by atoms with van der Waals surface area (Å²) in [6.07, 6.45) is 9.08. The molecule has 0 aromatic heterocycles. The van der Waals surface area contributed by atoms with Crippen LogP contribution in [0.4, 0.5) is 0 Å². The molecule has 0 saturated heterocycles. The Kier molecular flexibility index (Phi) is 10.4. The summed E-state index contributed by atoms with van der Waals surface area (Å²) in [4.78, 5) is 22.8. The summed E-state index contributed by atoms with van der Waals surface area (Å²) in [7, 11) is 0. The van der Waals surface area contributed by atoms with Crippen molar-refractivity contribution in [2.24, 2.45) is 0 Å². The maximum atomic E-state index is 11.4. The molecule has 0 radical (unpaired) electrons. The van der Waals surface area contributed by atoms with Crippen LogP contribution in [-0.2, 0) is 9.59 Å². The Morgan fingerprint density at radius 3 is 1.75 bits per heavy atom. The van der Waals surface area contributed by atoms with Crippen molar-refractivity contribution in [2.75, 3.05) is 0 Å². The molecule has 0 amide bonds. The summed E-state index contributed by atoms with van der Waals surface area (Å²) in [6, 6.07) is 0. The number of hydrogen-bond donors (Lipinski definition) is 0. The first-order chi connectivity index (χ1) is 7.70. The van der Waals surface area contributed by atoms with Crippen LogP contribution in [-0.4, -0.2) is 11.6 Å². The average Bonchev–Trinajstić information content (AvgIpc) is 2.26. The van der Waals surface area contributed by atoms with Gasteiger partial charge in [-0.15, -0.1) is 0 Å². The highest BCUT2D eigenvalue weighted by molar-refractivity contribution is 5.98. The molecule has 0 aromatic rings. The fraction of sp³-hybridized carbons (Fsp3) is 0.857. The number of unbranched alkanes of at least 4 members (excludes halogenated alkanes) is 5. The first kappa shape index (κ1) is 15.3. The van der Waals surface area contributed by atoms with E-state index in [0.717, 1.165) is 25.7 Å². The molecule has 0 saturated carbocycles. The zero-order chi connectivity index (χ0) is 12.2. The van der Waals surface area contributed by atoms with Gasteiger partial charge in [-0.05, 0) is 12.8 Å². The average molecular weight is 226 g/mol.